The van der Waals surface area contributed by atoms with Crippen LogP contribution < -0.4 is 10.6 Å². The van der Waals surface area contributed by atoms with Crippen molar-refractivity contribution in [1.82, 2.24) is 4.90 Å². The van der Waals surface area contributed by atoms with E-state index < -0.39 is 0 Å². The van der Waals surface area contributed by atoms with Crippen molar-refractivity contribution in [2.75, 3.05) is 31.6 Å². The Hall–Kier alpha value is -1.62. The van der Waals surface area contributed by atoms with Crippen molar-refractivity contribution >= 4 is 11.5 Å². The predicted octanol–water partition coefficient (Wildman–Crippen LogP) is 2.03. The van der Waals surface area contributed by atoms with Gasteiger partial charge in [-0.2, -0.15) is 0 Å². The molecule has 1 heterocycles. The maximum atomic E-state index is 14.1. The van der Waals surface area contributed by atoms with Crippen molar-refractivity contribution < 1.29 is 4.39 Å². The van der Waals surface area contributed by atoms with Gasteiger partial charge in [-0.05, 0) is 44.1 Å². The van der Waals surface area contributed by atoms with Crippen LogP contribution in [0.4, 0.5) is 10.1 Å². The van der Waals surface area contributed by atoms with E-state index in [0.29, 0.717) is 17.3 Å². The second-order valence-corrected chi connectivity index (χ2v) is 5.39. The number of nitrogens with two attached hydrogens (primary N) is 1. The second kappa shape index (κ2) is 6.22. The second-order valence-electron chi connectivity index (χ2n) is 5.39. The molecule has 0 aliphatic carbocycles. The predicted molar refractivity (Wildman–Crippen MR) is 81.0 cm³/mol. The minimum Gasteiger partial charge on any atom is -0.384 e. The maximum absolute atomic E-state index is 14.1. The molecule has 0 spiro atoms. The van der Waals surface area contributed by atoms with Crippen LogP contribution in [0.15, 0.2) is 18.2 Å². The number of nitrogen functional groups attached to an aromatic ring is 1. The highest BCUT2D eigenvalue weighted by Crippen LogP contribution is 2.23. The van der Waals surface area contributed by atoms with Crippen LogP contribution in [0.3, 0.4) is 0 Å². The molecule has 1 saturated heterocycles. The lowest BCUT2D eigenvalue weighted by molar-refractivity contribution is 0.270. The molecule has 0 bridgehead atoms. The van der Waals surface area contributed by atoms with Gasteiger partial charge in [-0.15, -0.1) is 0 Å². The number of nitrogens with one attached hydrogen (secondary N) is 1. The number of hydrogen-bond acceptors (Lipinski definition) is 3. The molecule has 0 aromatic heterocycles. The lowest BCUT2D eigenvalue weighted by Crippen LogP contribution is -2.39. The minimum absolute atomic E-state index is 0.106. The molecule has 2 rings (SSSR count). The van der Waals surface area contributed by atoms with Crippen molar-refractivity contribution in [1.29, 1.82) is 5.41 Å². The molecule has 1 aliphatic heterocycles. The number of anilines is 1. The van der Waals surface area contributed by atoms with Crippen molar-refractivity contribution in [2.45, 2.75) is 25.8 Å². The quantitative estimate of drug-likeness (QED) is 0.640. The fraction of sp³-hybridized carbons (Fsp3) is 0.533. The third-order valence-electron chi connectivity index (χ3n) is 4.06. The summed E-state index contributed by atoms with van der Waals surface area (Å²) in [5.74, 6) is -0.424. The van der Waals surface area contributed by atoms with Gasteiger partial charge in [-0.3, -0.25) is 10.3 Å². The number of likely N-dealkylation sites (tertiary alicyclic amines) is 1. The van der Waals surface area contributed by atoms with Crippen LogP contribution in [0.1, 0.15) is 25.3 Å². The standard InChI is InChI=1S/C15H23FN4/c1-3-20-8-4-5-12(20)10-19(2)14-7-6-11(15(17)18)9-13(14)16/h6-7,9,12H,3-5,8,10H2,1-2H3,(H3,17,18). The van der Waals surface area contributed by atoms with Crippen LogP contribution >= 0.6 is 0 Å². The van der Waals surface area contributed by atoms with E-state index in [1.165, 1.54) is 18.9 Å². The third-order valence-corrected chi connectivity index (χ3v) is 4.06. The summed E-state index contributed by atoms with van der Waals surface area (Å²) in [7, 11) is 1.91. The lowest BCUT2D eigenvalue weighted by atomic mass is 10.1. The van der Waals surface area contributed by atoms with E-state index in [4.69, 9.17) is 11.1 Å². The lowest BCUT2D eigenvalue weighted by Gasteiger charge is -2.29. The molecule has 110 valence electrons. The van der Waals surface area contributed by atoms with Gasteiger partial charge in [0.1, 0.15) is 11.7 Å². The van der Waals surface area contributed by atoms with Gasteiger partial charge in [0.05, 0.1) is 5.69 Å². The van der Waals surface area contributed by atoms with Crippen LogP contribution in [-0.4, -0.2) is 43.5 Å². The number of amidine groups is 1. The molecular weight excluding hydrogens is 255 g/mol. The summed E-state index contributed by atoms with van der Waals surface area (Å²) in [4.78, 5) is 4.40. The fourth-order valence-electron chi connectivity index (χ4n) is 2.92. The summed E-state index contributed by atoms with van der Waals surface area (Å²) in [6, 6.07) is 5.23. The maximum Gasteiger partial charge on any atom is 0.147 e. The van der Waals surface area contributed by atoms with E-state index in [-0.39, 0.29) is 11.7 Å². The smallest absolute Gasteiger partial charge is 0.147 e. The largest absolute Gasteiger partial charge is 0.384 e. The zero-order valence-corrected chi connectivity index (χ0v) is 12.2. The van der Waals surface area contributed by atoms with Gasteiger partial charge in [-0.25, -0.2) is 4.39 Å². The summed E-state index contributed by atoms with van der Waals surface area (Å²) >= 11 is 0. The molecule has 1 fully saturated rings. The number of hydrogen-bond donors (Lipinski definition) is 2. The van der Waals surface area contributed by atoms with E-state index in [1.54, 1.807) is 12.1 Å². The molecule has 1 atom stereocenters. The fourth-order valence-corrected chi connectivity index (χ4v) is 2.92. The molecule has 1 unspecified atom stereocenters. The summed E-state index contributed by atoms with van der Waals surface area (Å²) in [6.45, 7) is 5.18. The Kier molecular flexibility index (Phi) is 4.60. The number of rotatable bonds is 5. The van der Waals surface area contributed by atoms with Gasteiger partial charge in [-0.1, -0.05) is 6.92 Å². The van der Waals surface area contributed by atoms with Crippen molar-refractivity contribution in [3.8, 4) is 0 Å². The molecule has 1 aromatic carbocycles. The number of nitrogens with zero attached hydrogens (tertiary/aromatic N) is 2. The first-order chi connectivity index (χ1) is 9.52. The normalized spacial score (nSPS) is 19.2. The third kappa shape index (κ3) is 3.10. The van der Waals surface area contributed by atoms with Crippen LogP contribution in [0.2, 0.25) is 0 Å². The number of halogens is 1. The van der Waals surface area contributed by atoms with E-state index in [9.17, 15) is 4.39 Å². The molecule has 5 heteroatoms. The summed E-state index contributed by atoms with van der Waals surface area (Å²) in [5, 5.41) is 7.33. The van der Waals surface area contributed by atoms with Crippen molar-refractivity contribution in [3.05, 3.63) is 29.6 Å². The van der Waals surface area contributed by atoms with E-state index in [2.05, 4.69) is 11.8 Å². The van der Waals surface area contributed by atoms with E-state index in [0.717, 1.165) is 19.6 Å². The van der Waals surface area contributed by atoms with Crippen LogP contribution in [0.25, 0.3) is 0 Å². The highest BCUT2D eigenvalue weighted by atomic mass is 19.1. The van der Waals surface area contributed by atoms with Gasteiger partial charge in [0.2, 0.25) is 0 Å². The Bertz CT molecular complexity index is 489. The van der Waals surface area contributed by atoms with Crippen molar-refractivity contribution in [3.63, 3.8) is 0 Å². The zero-order chi connectivity index (χ0) is 14.7. The summed E-state index contributed by atoms with van der Waals surface area (Å²) < 4.78 is 14.1. The van der Waals surface area contributed by atoms with Gasteiger partial charge in [0.25, 0.3) is 0 Å². The molecule has 3 N–H and O–H groups in total. The molecule has 20 heavy (non-hydrogen) atoms. The first-order valence-corrected chi connectivity index (χ1v) is 7.12. The first kappa shape index (κ1) is 14.8. The Balaban J connectivity index is 2.09. The average molecular weight is 278 g/mol. The van der Waals surface area contributed by atoms with E-state index >= 15 is 0 Å². The Morgan fingerprint density at radius 3 is 2.90 bits per heavy atom. The summed E-state index contributed by atoms with van der Waals surface area (Å²) in [6.07, 6.45) is 2.39. The van der Waals surface area contributed by atoms with Crippen LogP contribution in [-0.2, 0) is 0 Å². The molecule has 0 radical (unpaired) electrons. The van der Waals surface area contributed by atoms with Gasteiger partial charge in [0, 0.05) is 25.2 Å². The number of likely N-dealkylation sites (N-methyl/N-ethyl adjacent to an activating group) is 2. The molecular formula is C15H23FN4. The Labute approximate surface area is 119 Å². The molecule has 4 nitrogen and oxygen atoms in total. The molecule has 0 amide bonds. The minimum atomic E-state index is -0.318. The SMILES string of the molecule is CCN1CCCC1CN(C)c1ccc(C(=N)N)cc1F. The molecule has 1 aliphatic rings. The molecule has 1 aromatic rings. The average Bonchev–Trinajstić information content (AvgIpc) is 2.85. The van der Waals surface area contributed by atoms with Gasteiger partial charge in [0.15, 0.2) is 0 Å². The van der Waals surface area contributed by atoms with Gasteiger partial charge >= 0.3 is 0 Å². The van der Waals surface area contributed by atoms with Crippen LogP contribution in [0.5, 0.6) is 0 Å². The monoisotopic (exact) mass is 278 g/mol. The Morgan fingerprint density at radius 2 is 2.30 bits per heavy atom. The summed E-state index contributed by atoms with van der Waals surface area (Å²) in [5.41, 5.74) is 6.37. The topological polar surface area (TPSA) is 56.4 Å². The first-order valence-electron chi connectivity index (χ1n) is 7.12. The zero-order valence-electron chi connectivity index (χ0n) is 12.2. The van der Waals surface area contributed by atoms with E-state index in [1.807, 2.05) is 11.9 Å². The highest BCUT2D eigenvalue weighted by molar-refractivity contribution is 5.95. The Morgan fingerprint density at radius 1 is 1.55 bits per heavy atom. The van der Waals surface area contributed by atoms with Crippen LogP contribution in [0, 0.1) is 11.2 Å². The van der Waals surface area contributed by atoms with Gasteiger partial charge < -0.3 is 10.6 Å². The molecule has 0 saturated carbocycles. The highest BCUT2D eigenvalue weighted by Gasteiger charge is 2.24. The number of benzene rings is 1. The van der Waals surface area contributed by atoms with Crippen molar-refractivity contribution in [2.24, 2.45) is 5.73 Å².